The lowest BCUT2D eigenvalue weighted by Crippen LogP contribution is -2.65. The normalized spacial score (nSPS) is 12.8. The van der Waals surface area contributed by atoms with Crippen LogP contribution >= 0.6 is 0 Å². The number of benzene rings is 1. The van der Waals surface area contributed by atoms with E-state index in [9.17, 15) is 9.90 Å². The van der Waals surface area contributed by atoms with Crippen molar-refractivity contribution in [3.05, 3.63) is 29.8 Å². The first-order valence-electron chi connectivity index (χ1n) is 6.39. The quantitative estimate of drug-likeness (QED) is 0.486. The molecule has 1 aromatic rings. The first kappa shape index (κ1) is 16.4. The third-order valence-electron chi connectivity index (χ3n) is 3.19. The number of rotatable bonds is 7. The van der Waals surface area contributed by atoms with Crippen LogP contribution < -0.4 is 16.2 Å². The molecule has 1 rings (SSSR count). The van der Waals surface area contributed by atoms with Gasteiger partial charge in [0.15, 0.2) is 5.66 Å². The summed E-state index contributed by atoms with van der Waals surface area (Å²) >= 11 is 0. The van der Waals surface area contributed by atoms with Gasteiger partial charge in [0.05, 0.1) is 20.3 Å². The van der Waals surface area contributed by atoms with Gasteiger partial charge >= 0.3 is 5.97 Å². The van der Waals surface area contributed by atoms with E-state index in [2.05, 4.69) is 4.74 Å². The van der Waals surface area contributed by atoms with Crippen molar-refractivity contribution in [2.75, 3.05) is 14.2 Å². The molecule has 112 valence electrons. The molecule has 0 saturated heterocycles. The van der Waals surface area contributed by atoms with Crippen LogP contribution in [0, 0.1) is 0 Å². The van der Waals surface area contributed by atoms with Crippen molar-refractivity contribution in [1.82, 2.24) is 0 Å². The van der Waals surface area contributed by atoms with E-state index in [0.29, 0.717) is 12.8 Å². The first-order valence-corrected chi connectivity index (χ1v) is 6.39. The Morgan fingerprint density at radius 2 is 1.90 bits per heavy atom. The highest BCUT2D eigenvalue weighted by Gasteiger charge is 2.38. The minimum absolute atomic E-state index is 0.314. The maximum Gasteiger partial charge on any atom is 0.343 e. The maximum absolute atomic E-state index is 11.3. The zero-order valence-corrected chi connectivity index (χ0v) is 11.8. The fourth-order valence-electron chi connectivity index (χ4n) is 1.84. The summed E-state index contributed by atoms with van der Waals surface area (Å²) in [6.45, 7) is 0. The molecule has 1 atom stereocenters. The molecule has 0 aliphatic rings. The molecule has 0 saturated carbocycles. The minimum atomic E-state index is -1.87. The Bertz CT molecular complexity index is 431. The molecule has 1 aromatic carbocycles. The summed E-state index contributed by atoms with van der Waals surface area (Å²) in [5, 5.41) is 9.87. The maximum atomic E-state index is 11.3. The zero-order valence-electron chi connectivity index (χ0n) is 11.8. The van der Waals surface area contributed by atoms with Crippen LogP contribution in [0.3, 0.4) is 0 Å². The number of hydrogen-bond donors (Lipinski definition) is 3. The molecule has 6 heteroatoms. The van der Waals surface area contributed by atoms with Crippen LogP contribution in [0.1, 0.15) is 18.4 Å². The van der Waals surface area contributed by atoms with Gasteiger partial charge in [0.1, 0.15) is 5.75 Å². The van der Waals surface area contributed by atoms with Gasteiger partial charge in [-0.2, -0.15) is 0 Å². The molecule has 0 aromatic heterocycles. The number of carbonyl (C=O) groups is 1. The van der Waals surface area contributed by atoms with E-state index in [1.807, 2.05) is 24.3 Å². The summed E-state index contributed by atoms with van der Waals surface area (Å²) in [4.78, 5) is 11.3. The number of aliphatic hydroxyl groups is 1. The molecule has 5 N–H and O–H groups in total. The number of hydrogen-bond acceptors (Lipinski definition) is 6. The monoisotopic (exact) mass is 282 g/mol. The fraction of sp³-hybridized carbons (Fsp3) is 0.500. The molecule has 0 amide bonds. The second-order valence-electron chi connectivity index (χ2n) is 4.68. The van der Waals surface area contributed by atoms with E-state index in [4.69, 9.17) is 16.2 Å². The molecule has 0 aliphatic carbocycles. The van der Waals surface area contributed by atoms with Gasteiger partial charge in [-0.25, -0.2) is 4.79 Å². The van der Waals surface area contributed by atoms with Crippen LogP contribution in [0.15, 0.2) is 24.3 Å². The summed E-state index contributed by atoms with van der Waals surface area (Å²) in [6.07, 6.45) is 0.570. The highest BCUT2D eigenvalue weighted by atomic mass is 16.5. The molecule has 0 heterocycles. The number of aryl methyl sites for hydroxylation is 1. The van der Waals surface area contributed by atoms with E-state index in [1.54, 1.807) is 7.11 Å². The van der Waals surface area contributed by atoms with Crippen molar-refractivity contribution in [3.8, 4) is 5.75 Å². The van der Waals surface area contributed by atoms with Crippen molar-refractivity contribution < 1.29 is 19.4 Å². The molecule has 1 unspecified atom stereocenters. The largest absolute Gasteiger partial charge is 0.497 e. The summed E-state index contributed by atoms with van der Waals surface area (Å²) in [5.74, 6) is -0.0307. The Morgan fingerprint density at radius 3 is 2.40 bits per heavy atom. The molecule has 6 nitrogen and oxygen atoms in total. The highest BCUT2D eigenvalue weighted by molar-refractivity contribution is 5.80. The van der Waals surface area contributed by atoms with Crippen LogP contribution in [-0.4, -0.2) is 37.1 Å². The van der Waals surface area contributed by atoms with Crippen molar-refractivity contribution in [3.63, 3.8) is 0 Å². The van der Waals surface area contributed by atoms with Gasteiger partial charge in [-0.3, -0.25) is 0 Å². The standard InChI is InChI=1S/C14H22N2O4/c1-19-11-8-6-10(7-9-11)4-3-5-12(17)14(15,16)13(18)20-2/h6-9,12,17H,3-5,15-16H2,1-2H3. The fourth-order valence-corrected chi connectivity index (χ4v) is 1.84. The van der Waals surface area contributed by atoms with E-state index in [0.717, 1.165) is 17.7 Å². The number of carbonyl (C=O) groups excluding carboxylic acids is 1. The average molecular weight is 282 g/mol. The predicted molar refractivity (Wildman–Crippen MR) is 75.1 cm³/mol. The number of nitrogens with two attached hydrogens (primary N) is 2. The highest BCUT2D eigenvalue weighted by Crippen LogP contribution is 2.15. The second-order valence-corrected chi connectivity index (χ2v) is 4.68. The Kier molecular flexibility index (Phi) is 5.94. The number of aliphatic hydroxyl groups excluding tert-OH is 1. The van der Waals surface area contributed by atoms with Gasteiger partial charge in [-0.05, 0) is 37.0 Å². The van der Waals surface area contributed by atoms with E-state index < -0.39 is 17.7 Å². The Labute approximate surface area is 118 Å². The molecule has 0 bridgehead atoms. The van der Waals surface area contributed by atoms with E-state index in [-0.39, 0.29) is 0 Å². The number of methoxy groups -OCH3 is 2. The Hall–Kier alpha value is -1.63. The average Bonchev–Trinajstić information content (AvgIpc) is 2.46. The van der Waals surface area contributed by atoms with Gasteiger partial charge in [0, 0.05) is 0 Å². The molecular weight excluding hydrogens is 260 g/mol. The van der Waals surface area contributed by atoms with Crippen molar-refractivity contribution in [1.29, 1.82) is 0 Å². The summed E-state index contributed by atoms with van der Waals surface area (Å²) in [6, 6.07) is 7.64. The molecular formula is C14H22N2O4. The predicted octanol–water partition coefficient (Wildman–Crippen LogP) is 0.166. The Balaban J connectivity index is 2.45. The van der Waals surface area contributed by atoms with Crippen LogP contribution in [0.5, 0.6) is 5.75 Å². The second kappa shape index (κ2) is 7.23. The third-order valence-corrected chi connectivity index (χ3v) is 3.19. The number of esters is 1. The molecule has 0 fully saturated rings. The van der Waals surface area contributed by atoms with Crippen LogP contribution in [-0.2, 0) is 16.0 Å². The third kappa shape index (κ3) is 4.19. The SMILES string of the molecule is COC(=O)C(N)(N)C(O)CCCc1ccc(OC)cc1. The van der Waals surface area contributed by atoms with Crippen LogP contribution in [0.25, 0.3) is 0 Å². The summed E-state index contributed by atoms with van der Waals surface area (Å²) in [7, 11) is 2.79. The van der Waals surface area contributed by atoms with Gasteiger partial charge < -0.3 is 26.0 Å². The van der Waals surface area contributed by atoms with Gasteiger partial charge in [-0.15, -0.1) is 0 Å². The zero-order chi connectivity index (χ0) is 15.2. The van der Waals surface area contributed by atoms with Gasteiger partial charge in [0.25, 0.3) is 0 Å². The topological polar surface area (TPSA) is 108 Å². The van der Waals surface area contributed by atoms with E-state index >= 15 is 0 Å². The summed E-state index contributed by atoms with van der Waals surface area (Å²) in [5.41, 5.74) is 10.4. The van der Waals surface area contributed by atoms with Crippen molar-refractivity contribution >= 4 is 5.97 Å². The van der Waals surface area contributed by atoms with Gasteiger partial charge in [0.2, 0.25) is 0 Å². The van der Waals surface area contributed by atoms with Crippen LogP contribution in [0.2, 0.25) is 0 Å². The summed E-state index contributed by atoms with van der Waals surface area (Å²) < 4.78 is 9.53. The van der Waals surface area contributed by atoms with Crippen LogP contribution in [0.4, 0.5) is 0 Å². The lowest BCUT2D eigenvalue weighted by molar-refractivity contribution is -0.151. The minimum Gasteiger partial charge on any atom is -0.497 e. The van der Waals surface area contributed by atoms with Crippen molar-refractivity contribution in [2.24, 2.45) is 11.5 Å². The lowest BCUT2D eigenvalue weighted by atomic mass is 9.98. The van der Waals surface area contributed by atoms with Crippen molar-refractivity contribution in [2.45, 2.75) is 31.0 Å². The first-order chi connectivity index (χ1) is 9.41. The molecule has 0 aliphatic heterocycles. The number of ether oxygens (including phenoxy) is 2. The molecule has 0 spiro atoms. The van der Waals surface area contributed by atoms with Gasteiger partial charge in [-0.1, -0.05) is 12.1 Å². The van der Waals surface area contributed by atoms with E-state index in [1.165, 1.54) is 7.11 Å². The Morgan fingerprint density at radius 1 is 1.30 bits per heavy atom. The smallest absolute Gasteiger partial charge is 0.343 e. The molecule has 0 radical (unpaired) electrons. The molecule has 20 heavy (non-hydrogen) atoms. The lowest BCUT2D eigenvalue weighted by Gasteiger charge is -2.27.